The lowest BCUT2D eigenvalue weighted by Gasteiger charge is -2.07. The van der Waals surface area contributed by atoms with Gasteiger partial charge >= 0.3 is 5.97 Å². The normalized spacial score (nSPS) is 11.5. The summed E-state index contributed by atoms with van der Waals surface area (Å²) in [7, 11) is 0. The number of benzene rings is 2. The highest BCUT2D eigenvalue weighted by Gasteiger charge is 2.11. The van der Waals surface area contributed by atoms with Crippen LogP contribution in [0.3, 0.4) is 0 Å². The van der Waals surface area contributed by atoms with Crippen LogP contribution in [-0.2, 0) is 11.2 Å². The summed E-state index contributed by atoms with van der Waals surface area (Å²) in [5.41, 5.74) is 8.54. The molecule has 0 bridgehead atoms. The Labute approximate surface area is 128 Å². The van der Waals surface area contributed by atoms with Gasteiger partial charge in [0, 0.05) is 5.02 Å². The van der Waals surface area contributed by atoms with Crippen LogP contribution in [0.25, 0.3) is 11.1 Å². The van der Waals surface area contributed by atoms with Gasteiger partial charge in [-0.3, -0.25) is 4.79 Å². The zero-order chi connectivity index (χ0) is 13.8. The highest BCUT2D eigenvalue weighted by atomic mass is 35.5. The molecule has 3 nitrogen and oxygen atoms in total. The molecular formula is C15H15Cl2NO2. The second-order valence-electron chi connectivity index (χ2n) is 4.35. The molecule has 0 spiro atoms. The molecule has 0 aliphatic rings. The molecule has 2 rings (SSSR count). The van der Waals surface area contributed by atoms with Gasteiger partial charge in [-0.2, -0.15) is 0 Å². The van der Waals surface area contributed by atoms with Crippen molar-refractivity contribution in [3.05, 3.63) is 59.1 Å². The molecule has 0 aliphatic heterocycles. The second kappa shape index (κ2) is 7.29. The Hall–Kier alpha value is -1.55. The predicted octanol–water partition coefficient (Wildman–Crippen LogP) is 3.38. The molecule has 5 heteroatoms. The number of aliphatic carboxylic acids is 1. The summed E-state index contributed by atoms with van der Waals surface area (Å²) in [6.07, 6.45) is 0.330. The first kappa shape index (κ1) is 16.5. The quantitative estimate of drug-likeness (QED) is 0.909. The van der Waals surface area contributed by atoms with E-state index in [2.05, 4.69) is 0 Å². The van der Waals surface area contributed by atoms with E-state index in [1.54, 1.807) is 0 Å². The topological polar surface area (TPSA) is 63.3 Å². The molecule has 2 aromatic rings. The number of rotatable bonds is 4. The first-order chi connectivity index (χ1) is 9.06. The fourth-order valence-electron chi connectivity index (χ4n) is 1.82. The summed E-state index contributed by atoms with van der Waals surface area (Å²) in [4.78, 5) is 10.7. The fraction of sp³-hybridized carbons (Fsp3) is 0.133. The van der Waals surface area contributed by atoms with E-state index in [0.29, 0.717) is 11.4 Å². The molecule has 20 heavy (non-hydrogen) atoms. The molecule has 0 aromatic heterocycles. The Bertz CT molecular complexity index is 567. The monoisotopic (exact) mass is 311 g/mol. The largest absolute Gasteiger partial charge is 0.480 e. The van der Waals surface area contributed by atoms with Crippen LogP contribution in [0.1, 0.15) is 5.56 Å². The number of carbonyl (C=O) groups is 1. The number of hydrogen-bond donors (Lipinski definition) is 2. The van der Waals surface area contributed by atoms with Crippen LogP contribution >= 0.6 is 24.0 Å². The standard InChI is InChI=1S/C15H14ClNO2.ClH/c16-13-7-5-12(6-8-13)11-3-1-10(2-4-11)9-14(17)15(18)19;/h1-8,14H,9,17H2,(H,18,19);1H/t14-;/m0./s1. The second-order valence-corrected chi connectivity index (χ2v) is 4.79. The Morgan fingerprint density at radius 3 is 1.95 bits per heavy atom. The molecule has 0 unspecified atom stereocenters. The minimum absolute atomic E-state index is 0. The smallest absolute Gasteiger partial charge is 0.320 e. The lowest BCUT2D eigenvalue weighted by atomic mass is 10.0. The summed E-state index contributed by atoms with van der Waals surface area (Å²) in [6, 6.07) is 14.4. The van der Waals surface area contributed by atoms with Gasteiger partial charge in [0.05, 0.1) is 0 Å². The van der Waals surface area contributed by atoms with E-state index in [1.165, 1.54) is 0 Å². The van der Waals surface area contributed by atoms with Crippen molar-refractivity contribution in [2.75, 3.05) is 0 Å². The van der Waals surface area contributed by atoms with E-state index in [4.69, 9.17) is 22.4 Å². The van der Waals surface area contributed by atoms with Crippen LogP contribution in [0, 0.1) is 0 Å². The van der Waals surface area contributed by atoms with Crippen molar-refractivity contribution in [1.29, 1.82) is 0 Å². The van der Waals surface area contributed by atoms with Crippen molar-refractivity contribution in [3.8, 4) is 11.1 Å². The van der Waals surface area contributed by atoms with Crippen molar-refractivity contribution in [2.45, 2.75) is 12.5 Å². The number of nitrogens with two attached hydrogens (primary N) is 1. The van der Waals surface area contributed by atoms with Crippen LogP contribution in [0.2, 0.25) is 5.02 Å². The van der Waals surface area contributed by atoms with E-state index in [-0.39, 0.29) is 12.4 Å². The number of carboxylic acid groups (broad SMARTS) is 1. The van der Waals surface area contributed by atoms with Crippen molar-refractivity contribution in [2.24, 2.45) is 5.73 Å². The molecule has 0 aliphatic carbocycles. The fourth-order valence-corrected chi connectivity index (χ4v) is 1.94. The molecule has 0 radical (unpaired) electrons. The van der Waals surface area contributed by atoms with Crippen molar-refractivity contribution in [3.63, 3.8) is 0 Å². The van der Waals surface area contributed by atoms with Gasteiger partial charge in [-0.25, -0.2) is 0 Å². The lowest BCUT2D eigenvalue weighted by molar-refractivity contribution is -0.138. The summed E-state index contributed by atoms with van der Waals surface area (Å²) in [6.45, 7) is 0. The Balaban J connectivity index is 0.00000200. The Morgan fingerprint density at radius 2 is 1.50 bits per heavy atom. The zero-order valence-electron chi connectivity index (χ0n) is 10.6. The Morgan fingerprint density at radius 1 is 1.05 bits per heavy atom. The van der Waals surface area contributed by atoms with Crippen LogP contribution in [0.5, 0.6) is 0 Å². The number of hydrogen-bond acceptors (Lipinski definition) is 2. The van der Waals surface area contributed by atoms with Crippen molar-refractivity contribution < 1.29 is 9.90 Å². The van der Waals surface area contributed by atoms with Gasteiger partial charge < -0.3 is 10.8 Å². The van der Waals surface area contributed by atoms with Crippen LogP contribution < -0.4 is 5.73 Å². The van der Waals surface area contributed by atoms with E-state index in [0.717, 1.165) is 16.7 Å². The maximum atomic E-state index is 10.7. The molecule has 0 fully saturated rings. The van der Waals surface area contributed by atoms with Gasteiger partial charge in [0.2, 0.25) is 0 Å². The van der Waals surface area contributed by atoms with Gasteiger partial charge in [0.1, 0.15) is 6.04 Å². The molecule has 2 aromatic carbocycles. The number of carboxylic acids is 1. The molecule has 0 heterocycles. The maximum absolute atomic E-state index is 10.7. The minimum atomic E-state index is -0.984. The van der Waals surface area contributed by atoms with Gasteiger partial charge in [0.25, 0.3) is 0 Å². The summed E-state index contributed by atoms with van der Waals surface area (Å²) in [5, 5.41) is 9.47. The van der Waals surface area contributed by atoms with E-state index in [1.807, 2.05) is 48.5 Å². The van der Waals surface area contributed by atoms with Gasteiger partial charge in [0.15, 0.2) is 0 Å². The third-order valence-electron chi connectivity index (χ3n) is 2.90. The van der Waals surface area contributed by atoms with Crippen LogP contribution in [0.15, 0.2) is 48.5 Å². The van der Waals surface area contributed by atoms with Gasteiger partial charge in [-0.15, -0.1) is 12.4 Å². The van der Waals surface area contributed by atoms with E-state index >= 15 is 0 Å². The van der Waals surface area contributed by atoms with Crippen LogP contribution in [-0.4, -0.2) is 17.1 Å². The number of halogens is 2. The SMILES string of the molecule is Cl.N[C@@H](Cc1ccc(-c2ccc(Cl)cc2)cc1)C(=O)O. The third-order valence-corrected chi connectivity index (χ3v) is 3.16. The zero-order valence-corrected chi connectivity index (χ0v) is 12.2. The van der Waals surface area contributed by atoms with Gasteiger partial charge in [-0.1, -0.05) is 48.0 Å². The maximum Gasteiger partial charge on any atom is 0.320 e. The average molecular weight is 312 g/mol. The molecule has 0 amide bonds. The predicted molar refractivity (Wildman–Crippen MR) is 83.5 cm³/mol. The molecule has 3 N–H and O–H groups in total. The highest BCUT2D eigenvalue weighted by Crippen LogP contribution is 2.22. The molecule has 0 saturated carbocycles. The lowest BCUT2D eigenvalue weighted by Crippen LogP contribution is -2.32. The van der Waals surface area contributed by atoms with E-state index in [9.17, 15) is 4.79 Å². The minimum Gasteiger partial charge on any atom is -0.480 e. The average Bonchev–Trinajstić information content (AvgIpc) is 2.40. The van der Waals surface area contributed by atoms with Crippen LogP contribution in [0.4, 0.5) is 0 Å². The summed E-state index contributed by atoms with van der Waals surface area (Å²) < 4.78 is 0. The first-order valence-electron chi connectivity index (χ1n) is 5.89. The summed E-state index contributed by atoms with van der Waals surface area (Å²) in [5.74, 6) is -0.984. The third kappa shape index (κ3) is 4.23. The first-order valence-corrected chi connectivity index (χ1v) is 6.27. The molecule has 106 valence electrons. The Kier molecular flexibility index (Phi) is 6.02. The van der Waals surface area contributed by atoms with Crippen molar-refractivity contribution >= 4 is 30.0 Å². The summed E-state index contributed by atoms with van der Waals surface area (Å²) >= 11 is 5.84. The molecule has 1 atom stereocenters. The highest BCUT2D eigenvalue weighted by molar-refractivity contribution is 6.30. The molecular weight excluding hydrogens is 297 g/mol. The van der Waals surface area contributed by atoms with Gasteiger partial charge in [-0.05, 0) is 35.2 Å². The van der Waals surface area contributed by atoms with Crippen molar-refractivity contribution in [1.82, 2.24) is 0 Å². The molecule has 0 saturated heterocycles. The van der Waals surface area contributed by atoms with E-state index < -0.39 is 12.0 Å².